The van der Waals surface area contributed by atoms with Crippen LogP contribution in [-0.4, -0.2) is 18.3 Å². The highest BCUT2D eigenvalue weighted by atomic mass is 32.2. The Morgan fingerprint density at radius 3 is 2.48 bits per heavy atom. The number of aryl methyl sites for hydroxylation is 1. The highest BCUT2D eigenvalue weighted by molar-refractivity contribution is 7.98. The molecule has 1 N–H and O–H groups in total. The lowest BCUT2D eigenvalue weighted by atomic mass is 10.1. The summed E-state index contributed by atoms with van der Waals surface area (Å²) in [6.45, 7) is 2.75. The second-order valence-electron chi connectivity index (χ2n) is 6.23. The smallest absolute Gasteiger partial charge is 0.255 e. The molecular formula is C23H23NO2S. The molecule has 0 heterocycles. The molecule has 0 atom stereocenters. The first-order valence-corrected chi connectivity index (χ1v) is 10.1. The molecule has 0 aromatic heterocycles. The van der Waals surface area contributed by atoms with Crippen LogP contribution in [0.1, 0.15) is 21.5 Å². The van der Waals surface area contributed by atoms with Gasteiger partial charge in [0.15, 0.2) is 0 Å². The van der Waals surface area contributed by atoms with Gasteiger partial charge in [-0.25, -0.2) is 0 Å². The summed E-state index contributed by atoms with van der Waals surface area (Å²) in [6.07, 6.45) is 0. The van der Waals surface area contributed by atoms with E-state index in [0.29, 0.717) is 12.2 Å². The molecule has 3 aromatic carbocycles. The van der Waals surface area contributed by atoms with Gasteiger partial charge in [0, 0.05) is 22.8 Å². The molecule has 0 aliphatic carbocycles. The van der Waals surface area contributed by atoms with E-state index in [1.807, 2.05) is 84.6 Å². The Bertz CT molecular complexity index is 863. The first kappa shape index (κ1) is 19.1. The maximum atomic E-state index is 12.3. The lowest BCUT2D eigenvalue weighted by Gasteiger charge is -2.08. The molecule has 0 radical (unpaired) electrons. The van der Waals surface area contributed by atoms with Crippen molar-refractivity contribution >= 4 is 23.4 Å². The molecule has 27 heavy (non-hydrogen) atoms. The number of benzene rings is 3. The van der Waals surface area contributed by atoms with Crippen LogP contribution in [0.4, 0.5) is 5.69 Å². The van der Waals surface area contributed by atoms with Crippen molar-refractivity contribution in [3.63, 3.8) is 0 Å². The van der Waals surface area contributed by atoms with E-state index in [2.05, 4.69) is 18.3 Å². The molecule has 4 heteroatoms. The molecule has 0 aliphatic rings. The molecule has 0 fully saturated rings. The molecule has 3 nitrogen and oxygen atoms in total. The number of carbonyl (C=O) groups excluding carboxylic acids is 1. The molecule has 0 spiro atoms. The summed E-state index contributed by atoms with van der Waals surface area (Å²) in [4.78, 5) is 12.3. The molecule has 0 bridgehead atoms. The Hall–Kier alpha value is -2.72. The van der Waals surface area contributed by atoms with Gasteiger partial charge in [0.2, 0.25) is 0 Å². The van der Waals surface area contributed by atoms with E-state index < -0.39 is 0 Å². The minimum atomic E-state index is -0.0908. The van der Waals surface area contributed by atoms with Crippen molar-refractivity contribution in [3.05, 3.63) is 95.6 Å². The van der Waals surface area contributed by atoms with Gasteiger partial charge in [0.25, 0.3) is 5.91 Å². The first-order valence-electron chi connectivity index (χ1n) is 8.93. The van der Waals surface area contributed by atoms with Gasteiger partial charge in [-0.15, -0.1) is 0 Å². The maximum absolute atomic E-state index is 12.3. The van der Waals surface area contributed by atoms with Crippen LogP contribution in [0.15, 0.2) is 78.9 Å². The van der Waals surface area contributed by atoms with Crippen molar-refractivity contribution < 1.29 is 9.53 Å². The van der Waals surface area contributed by atoms with E-state index in [1.54, 1.807) is 0 Å². The van der Waals surface area contributed by atoms with Gasteiger partial charge in [-0.05, 0) is 54.4 Å². The molecule has 0 aliphatic heterocycles. The molecular weight excluding hydrogens is 354 g/mol. The van der Waals surface area contributed by atoms with E-state index in [0.717, 1.165) is 22.9 Å². The van der Waals surface area contributed by atoms with Gasteiger partial charge < -0.3 is 10.1 Å². The molecule has 0 unspecified atom stereocenters. The fourth-order valence-electron chi connectivity index (χ4n) is 2.59. The van der Waals surface area contributed by atoms with Gasteiger partial charge in [-0.3, -0.25) is 4.79 Å². The van der Waals surface area contributed by atoms with Gasteiger partial charge in [0.05, 0.1) is 6.61 Å². The molecule has 138 valence electrons. The zero-order valence-electron chi connectivity index (χ0n) is 15.4. The maximum Gasteiger partial charge on any atom is 0.255 e. The van der Waals surface area contributed by atoms with Crippen molar-refractivity contribution in [2.45, 2.75) is 12.7 Å². The van der Waals surface area contributed by atoms with Gasteiger partial charge in [-0.1, -0.05) is 42.5 Å². The minimum Gasteiger partial charge on any atom is -0.493 e. The molecule has 1 amide bonds. The zero-order chi connectivity index (χ0) is 18.9. The third-order valence-electron chi connectivity index (χ3n) is 4.00. The predicted octanol–water partition coefficient (Wildman–Crippen LogP) is 5.56. The topological polar surface area (TPSA) is 38.3 Å². The number of hydrogen-bond acceptors (Lipinski definition) is 3. The van der Waals surface area contributed by atoms with Crippen LogP contribution in [0, 0.1) is 6.92 Å². The number of thioether (sulfide) groups is 1. The van der Waals surface area contributed by atoms with Crippen LogP contribution < -0.4 is 10.1 Å². The summed E-state index contributed by atoms with van der Waals surface area (Å²) >= 11 is 1.82. The quantitative estimate of drug-likeness (QED) is 0.522. The third kappa shape index (κ3) is 6.19. The Morgan fingerprint density at radius 2 is 1.74 bits per heavy atom. The largest absolute Gasteiger partial charge is 0.493 e. The van der Waals surface area contributed by atoms with Gasteiger partial charge >= 0.3 is 0 Å². The number of para-hydroxylation sites is 1. The van der Waals surface area contributed by atoms with Crippen LogP contribution >= 0.6 is 11.8 Å². The SMILES string of the molecule is Cc1cccc(OCCSCc2ccc(C(=O)Nc3ccccc3)cc2)c1. The fraction of sp³-hybridized carbons (Fsp3) is 0.174. The number of rotatable bonds is 8. The standard InChI is InChI=1S/C23H23NO2S/c1-18-6-5-9-22(16-18)26-14-15-27-17-19-10-12-20(13-11-19)23(25)24-21-7-3-2-4-8-21/h2-13,16H,14-15,17H2,1H3,(H,24,25). The summed E-state index contributed by atoms with van der Waals surface area (Å²) in [5.74, 6) is 2.65. The second kappa shape index (κ2) is 9.83. The van der Waals surface area contributed by atoms with Crippen molar-refractivity contribution in [2.24, 2.45) is 0 Å². The zero-order valence-corrected chi connectivity index (χ0v) is 16.2. The minimum absolute atomic E-state index is 0.0908. The third-order valence-corrected chi connectivity index (χ3v) is 5.00. The highest BCUT2D eigenvalue weighted by Gasteiger charge is 2.05. The number of carbonyl (C=O) groups is 1. The lowest BCUT2D eigenvalue weighted by molar-refractivity contribution is 0.102. The van der Waals surface area contributed by atoms with Gasteiger partial charge in [0.1, 0.15) is 5.75 Å². The highest BCUT2D eigenvalue weighted by Crippen LogP contribution is 2.16. The van der Waals surface area contributed by atoms with Crippen molar-refractivity contribution in [2.75, 3.05) is 17.7 Å². The summed E-state index contributed by atoms with van der Waals surface area (Å²) in [7, 11) is 0. The summed E-state index contributed by atoms with van der Waals surface area (Å²) in [5, 5.41) is 2.90. The van der Waals surface area contributed by atoms with Crippen LogP contribution in [0.2, 0.25) is 0 Å². The monoisotopic (exact) mass is 377 g/mol. The Balaban J connectivity index is 1.40. The predicted molar refractivity (Wildman–Crippen MR) is 114 cm³/mol. The van der Waals surface area contributed by atoms with Crippen LogP contribution in [0.5, 0.6) is 5.75 Å². The number of nitrogens with one attached hydrogen (secondary N) is 1. The Kier molecular flexibility index (Phi) is 6.94. The number of ether oxygens (including phenoxy) is 1. The number of amides is 1. The Labute approximate surface area is 164 Å². The summed E-state index contributed by atoms with van der Waals surface area (Å²) in [6, 6.07) is 25.3. The van der Waals surface area contributed by atoms with E-state index in [1.165, 1.54) is 11.1 Å². The van der Waals surface area contributed by atoms with Crippen molar-refractivity contribution in [3.8, 4) is 5.75 Å². The Morgan fingerprint density at radius 1 is 0.963 bits per heavy atom. The van der Waals surface area contributed by atoms with Crippen molar-refractivity contribution in [1.82, 2.24) is 0 Å². The average Bonchev–Trinajstić information content (AvgIpc) is 2.69. The van der Waals surface area contributed by atoms with Crippen LogP contribution in [0.3, 0.4) is 0 Å². The summed E-state index contributed by atoms with van der Waals surface area (Å²) in [5.41, 5.74) is 3.87. The van der Waals surface area contributed by atoms with E-state index in [4.69, 9.17) is 4.74 Å². The first-order chi connectivity index (χ1) is 13.2. The van der Waals surface area contributed by atoms with Crippen LogP contribution in [-0.2, 0) is 5.75 Å². The van der Waals surface area contributed by atoms with E-state index in [9.17, 15) is 4.79 Å². The molecule has 0 saturated carbocycles. The number of hydrogen-bond donors (Lipinski definition) is 1. The molecule has 3 aromatic rings. The van der Waals surface area contributed by atoms with Gasteiger partial charge in [-0.2, -0.15) is 11.8 Å². The summed E-state index contributed by atoms with van der Waals surface area (Å²) < 4.78 is 5.76. The normalized spacial score (nSPS) is 10.4. The van der Waals surface area contributed by atoms with Crippen molar-refractivity contribution in [1.29, 1.82) is 0 Å². The second-order valence-corrected chi connectivity index (χ2v) is 7.34. The van der Waals surface area contributed by atoms with E-state index in [-0.39, 0.29) is 5.91 Å². The number of anilines is 1. The average molecular weight is 378 g/mol. The lowest BCUT2D eigenvalue weighted by Crippen LogP contribution is -2.11. The molecule has 3 rings (SSSR count). The molecule has 0 saturated heterocycles. The van der Waals surface area contributed by atoms with Crippen LogP contribution in [0.25, 0.3) is 0 Å². The van der Waals surface area contributed by atoms with E-state index >= 15 is 0 Å². The fourth-order valence-corrected chi connectivity index (χ4v) is 3.36.